The Kier molecular flexibility index (Phi) is 5.92. The van der Waals surface area contributed by atoms with Crippen LogP contribution < -0.4 is 10.6 Å². The van der Waals surface area contributed by atoms with Crippen LogP contribution >= 0.6 is 11.6 Å². The van der Waals surface area contributed by atoms with Crippen molar-refractivity contribution < 1.29 is 4.42 Å². The molecule has 134 valence electrons. The lowest BCUT2D eigenvalue weighted by atomic mass is 10.1. The second-order valence-electron chi connectivity index (χ2n) is 5.92. The van der Waals surface area contributed by atoms with Gasteiger partial charge in [0, 0.05) is 24.2 Å². The molecule has 2 aromatic carbocycles. The molecule has 26 heavy (non-hydrogen) atoms. The van der Waals surface area contributed by atoms with E-state index in [0.29, 0.717) is 24.9 Å². The lowest BCUT2D eigenvalue weighted by molar-refractivity contribution is 0.572. The molecule has 3 aromatic rings. The van der Waals surface area contributed by atoms with Crippen LogP contribution in [-0.2, 0) is 13.1 Å². The van der Waals surface area contributed by atoms with E-state index in [1.54, 1.807) is 13.3 Å². The maximum atomic E-state index is 5.90. The van der Waals surface area contributed by atoms with Crippen molar-refractivity contribution in [2.45, 2.75) is 20.0 Å². The number of rotatable bonds is 5. The van der Waals surface area contributed by atoms with E-state index >= 15 is 0 Å². The number of halogens is 1. The summed E-state index contributed by atoms with van der Waals surface area (Å²) < 4.78 is 5.57. The molecule has 0 atom stereocenters. The van der Waals surface area contributed by atoms with Gasteiger partial charge in [0.2, 0.25) is 5.89 Å². The number of nitrogens with one attached hydrogen (secondary N) is 2. The molecule has 0 radical (unpaired) electrons. The molecule has 0 amide bonds. The summed E-state index contributed by atoms with van der Waals surface area (Å²) in [6.45, 7) is 3.23. The molecule has 0 unspecified atom stereocenters. The first-order chi connectivity index (χ1) is 12.6. The minimum absolute atomic E-state index is 0.523. The molecule has 0 aliphatic carbocycles. The molecule has 5 nitrogen and oxygen atoms in total. The summed E-state index contributed by atoms with van der Waals surface area (Å²) in [5.74, 6) is 1.31. The number of guanidine groups is 1. The molecule has 1 heterocycles. The minimum Gasteiger partial charge on any atom is -0.444 e. The number of aromatic nitrogens is 1. The molecule has 0 aliphatic rings. The van der Waals surface area contributed by atoms with Crippen molar-refractivity contribution in [2.24, 2.45) is 4.99 Å². The Bertz CT molecular complexity index is 870. The van der Waals surface area contributed by atoms with E-state index in [0.717, 1.165) is 21.8 Å². The van der Waals surface area contributed by atoms with E-state index < -0.39 is 0 Å². The fourth-order valence-corrected chi connectivity index (χ4v) is 2.53. The first kappa shape index (κ1) is 18.0. The number of hydrogen-bond donors (Lipinski definition) is 2. The molecule has 0 saturated carbocycles. The van der Waals surface area contributed by atoms with E-state index in [2.05, 4.69) is 27.5 Å². The molecule has 0 saturated heterocycles. The molecule has 1 aromatic heterocycles. The Morgan fingerprint density at radius 3 is 2.42 bits per heavy atom. The van der Waals surface area contributed by atoms with Crippen molar-refractivity contribution in [1.82, 2.24) is 15.6 Å². The highest BCUT2D eigenvalue weighted by atomic mass is 35.5. The van der Waals surface area contributed by atoms with E-state index in [-0.39, 0.29) is 0 Å². The Hall–Kier alpha value is -2.79. The normalized spacial score (nSPS) is 11.4. The van der Waals surface area contributed by atoms with E-state index in [9.17, 15) is 0 Å². The number of hydrogen-bond acceptors (Lipinski definition) is 3. The first-order valence-electron chi connectivity index (χ1n) is 8.34. The molecule has 6 heteroatoms. The van der Waals surface area contributed by atoms with Gasteiger partial charge < -0.3 is 15.1 Å². The molecule has 0 spiro atoms. The third-order valence-electron chi connectivity index (χ3n) is 3.88. The van der Waals surface area contributed by atoms with Crippen LogP contribution in [0.3, 0.4) is 0 Å². The zero-order valence-electron chi connectivity index (χ0n) is 14.8. The van der Waals surface area contributed by atoms with Crippen molar-refractivity contribution in [2.75, 3.05) is 7.05 Å². The van der Waals surface area contributed by atoms with Gasteiger partial charge in [-0.1, -0.05) is 41.4 Å². The molecule has 2 N–H and O–H groups in total. The first-order valence-corrected chi connectivity index (χ1v) is 8.72. The summed E-state index contributed by atoms with van der Waals surface area (Å²) in [4.78, 5) is 8.74. The quantitative estimate of drug-likeness (QED) is 0.524. The lowest BCUT2D eigenvalue weighted by Gasteiger charge is -2.10. The van der Waals surface area contributed by atoms with Crippen LogP contribution in [0.5, 0.6) is 0 Å². The van der Waals surface area contributed by atoms with Gasteiger partial charge in [-0.15, -0.1) is 0 Å². The molecule has 0 bridgehead atoms. The van der Waals surface area contributed by atoms with Crippen LogP contribution in [-0.4, -0.2) is 18.0 Å². The van der Waals surface area contributed by atoms with Crippen molar-refractivity contribution in [3.8, 4) is 11.5 Å². The van der Waals surface area contributed by atoms with Crippen LogP contribution in [0, 0.1) is 6.92 Å². The molecular formula is C20H21ClN4O. The van der Waals surface area contributed by atoms with Gasteiger partial charge in [0.15, 0.2) is 5.96 Å². The fourth-order valence-electron chi connectivity index (χ4n) is 2.40. The monoisotopic (exact) mass is 368 g/mol. The highest BCUT2D eigenvalue weighted by molar-refractivity contribution is 6.30. The molecule has 0 aliphatic heterocycles. The van der Waals surface area contributed by atoms with Crippen LogP contribution in [0.2, 0.25) is 5.02 Å². The van der Waals surface area contributed by atoms with Crippen LogP contribution in [0.4, 0.5) is 0 Å². The minimum atomic E-state index is 0.523. The smallest absolute Gasteiger partial charge is 0.226 e. The number of oxazole rings is 1. The standard InChI is InChI=1S/C20H21ClN4O/c1-14-3-7-16(8-4-14)19-25-18(13-26-19)12-24-20(22-2)23-11-15-5-9-17(21)10-6-15/h3-10,13H,11-12H2,1-2H3,(H2,22,23,24). The second-order valence-corrected chi connectivity index (χ2v) is 6.35. The third-order valence-corrected chi connectivity index (χ3v) is 4.14. The summed E-state index contributed by atoms with van der Waals surface area (Å²) in [5.41, 5.74) is 4.11. The topological polar surface area (TPSA) is 62.5 Å². The Morgan fingerprint density at radius 2 is 1.73 bits per heavy atom. The number of benzene rings is 2. The zero-order chi connectivity index (χ0) is 18.4. The maximum Gasteiger partial charge on any atom is 0.226 e. The number of aliphatic imine (C=N–C) groups is 1. The molecule has 3 rings (SSSR count). The van der Waals surface area contributed by atoms with Crippen molar-refractivity contribution in [3.63, 3.8) is 0 Å². The predicted molar refractivity (Wildman–Crippen MR) is 105 cm³/mol. The van der Waals surface area contributed by atoms with Crippen LogP contribution in [0.15, 0.2) is 64.2 Å². The summed E-state index contributed by atoms with van der Waals surface area (Å²) in [6, 6.07) is 15.8. The summed E-state index contributed by atoms with van der Waals surface area (Å²) in [5, 5.41) is 7.22. The highest BCUT2D eigenvalue weighted by Crippen LogP contribution is 2.19. The lowest BCUT2D eigenvalue weighted by Crippen LogP contribution is -2.36. The summed E-state index contributed by atoms with van der Waals surface area (Å²) >= 11 is 5.90. The van der Waals surface area contributed by atoms with E-state index in [1.807, 2.05) is 48.5 Å². The zero-order valence-corrected chi connectivity index (χ0v) is 15.5. The summed E-state index contributed by atoms with van der Waals surface area (Å²) in [6.07, 6.45) is 1.66. The van der Waals surface area contributed by atoms with Gasteiger partial charge >= 0.3 is 0 Å². The highest BCUT2D eigenvalue weighted by Gasteiger charge is 2.07. The SMILES string of the molecule is CN=C(NCc1ccc(Cl)cc1)NCc1coc(-c2ccc(C)cc2)n1. The van der Waals surface area contributed by atoms with Gasteiger partial charge in [-0.3, -0.25) is 4.99 Å². The summed E-state index contributed by atoms with van der Waals surface area (Å²) in [7, 11) is 1.73. The predicted octanol–water partition coefficient (Wildman–Crippen LogP) is 4.17. The van der Waals surface area contributed by atoms with E-state index in [1.165, 1.54) is 5.56 Å². The van der Waals surface area contributed by atoms with Gasteiger partial charge in [0.25, 0.3) is 0 Å². The fraction of sp³-hybridized carbons (Fsp3) is 0.200. The van der Waals surface area contributed by atoms with Gasteiger partial charge in [-0.2, -0.15) is 0 Å². The molecular weight excluding hydrogens is 348 g/mol. The molecule has 0 fully saturated rings. The number of nitrogens with zero attached hydrogens (tertiary/aromatic N) is 2. The van der Waals surface area contributed by atoms with Gasteiger partial charge in [0.1, 0.15) is 6.26 Å². The third kappa shape index (κ3) is 4.86. The van der Waals surface area contributed by atoms with Crippen LogP contribution in [0.1, 0.15) is 16.8 Å². The Labute approximate surface area is 158 Å². The van der Waals surface area contributed by atoms with Gasteiger partial charge in [0.05, 0.1) is 12.2 Å². The van der Waals surface area contributed by atoms with Crippen LogP contribution in [0.25, 0.3) is 11.5 Å². The van der Waals surface area contributed by atoms with Gasteiger partial charge in [-0.05, 0) is 36.8 Å². The van der Waals surface area contributed by atoms with Crippen molar-refractivity contribution in [1.29, 1.82) is 0 Å². The maximum absolute atomic E-state index is 5.90. The van der Waals surface area contributed by atoms with Gasteiger partial charge in [-0.25, -0.2) is 4.98 Å². The van der Waals surface area contributed by atoms with Crippen molar-refractivity contribution in [3.05, 3.63) is 76.6 Å². The Balaban J connectivity index is 1.54. The Morgan fingerprint density at radius 1 is 1.04 bits per heavy atom. The van der Waals surface area contributed by atoms with E-state index in [4.69, 9.17) is 16.0 Å². The largest absolute Gasteiger partial charge is 0.444 e. The van der Waals surface area contributed by atoms with Crippen molar-refractivity contribution >= 4 is 17.6 Å². The number of aryl methyl sites for hydroxylation is 1. The average molecular weight is 369 g/mol. The average Bonchev–Trinajstić information content (AvgIpc) is 3.13. The second kappa shape index (κ2) is 8.54.